The number of fused-ring (bicyclic) bond motifs is 1. The topological polar surface area (TPSA) is 61.4 Å². The van der Waals surface area contributed by atoms with E-state index in [1.54, 1.807) is 19.6 Å². The monoisotopic (exact) mass is 446 g/mol. The molecule has 134 valence electrons. The summed E-state index contributed by atoms with van der Waals surface area (Å²) in [5.41, 5.74) is 0.369. The van der Waals surface area contributed by atoms with Crippen molar-refractivity contribution < 1.29 is 13.2 Å². The molecule has 0 aromatic carbocycles. The number of halogens is 4. The van der Waals surface area contributed by atoms with E-state index in [1.807, 2.05) is 16.7 Å². The molecule has 6 nitrogen and oxygen atoms in total. The van der Waals surface area contributed by atoms with Crippen molar-refractivity contribution in [1.82, 2.24) is 29.1 Å². The molecule has 4 heterocycles. The Balaban J connectivity index is 1.63. The third-order valence-corrected chi connectivity index (χ3v) is 6.14. The van der Waals surface area contributed by atoms with Gasteiger partial charge in [0.05, 0.1) is 0 Å². The molecule has 0 spiro atoms. The first-order valence-electron chi connectivity index (χ1n) is 7.34. The third-order valence-electron chi connectivity index (χ3n) is 3.72. The number of alkyl halides is 3. The quantitative estimate of drug-likeness (QED) is 0.359. The number of hydrogen-bond donors (Lipinski definition) is 0. The summed E-state index contributed by atoms with van der Waals surface area (Å²) in [6.07, 6.45) is -0.194. The fourth-order valence-electron chi connectivity index (χ4n) is 2.54. The summed E-state index contributed by atoms with van der Waals surface area (Å²) in [5.74, 6) is 0.342. The molecular formula is C15H10ClF3N6Se. The second-order valence-electron chi connectivity index (χ2n) is 5.54. The van der Waals surface area contributed by atoms with Gasteiger partial charge in [-0.25, -0.2) is 0 Å². The van der Waals surface area contributed by atoms with E-state index in [-0.39, 0.29) is 19.8 Å². The van der Waals surface area contributed by atoms with Crippen molar-refractivity contribution in [3.8, 4) is 10.3 Å². The Labute approximate surface area is 156 Å². The number of aryl methyl sites for hydroxylation is 1. The number of hydrogen-bond acceptors (Lipinski definition) is 4. The van der Waals surface area contributed by atoms with Crippen LogP contribution >= 0.6 is 11.6 Å². The molecule has 0 aliphatic heterocycles. The summed E-state index contributed by atoms with van der Waals surface area (Å²) in [4.78, 5) is 16.0. The second kappa shape index (κ2) is 6.22. The third kappa shape index (κ3) is 3.15. The van der Waals surface area contributed by atoms with E-state index in [9.17, 15) is 13.2 Å². The van der Waals surface area contributed by atoms with Crippen LogP contribution in [0.15, 0.2) is 30.9 Å². The fraction of sp³-hybridized carbons (Fsp3) is 0.200. The van der Waals surface area contributed by atoms with Crippen molar-refractivity contribution in [1.29, 1.82) is 0 Å². The van der Waals surface area contributed by atoms with Gasteiger partial charge < -0.3 is 0 Å². The van der Waals surface area contributed by atoms with Crippen LogP contribution in [0.1, 0.15) is 10.1 Å². The average molecular weight is 446 g/mol. The summed E-state index contributed by atoms with van der Waals surface area (Å²) in [6.45, 7) is 0.554. The maximum absolute atomic E-state index is 12.8. The molecule has 0 unspecified atom stereocenters. The number of nitrogens with zero attached hydrogens (tertiary/aromatic N) is 6. The first-order chi connectivity index (χ1) is 12.3. The zero-order valence-electron chi connectivity index (χ0n) is 13.2. The Morgan fingerprint density at radius 3 is 2.73 bits per heavy atom. The Kier molecular flexibility index (Phi) is 4.13. The van der Waals surface area contributed by atoms with E-state index in [0.717, 1.165) is 20.6 Å². The van der Waals surface area contributed by atoms with Gasteiger partial charge in [0.25, 0.3) is 0 Å². The second-order valence-corrected chi connectivity index (χ2v) is 8.33. The van der Waals surface area contributed by atoms with Gasteiger partial charge in [-0.3, -0.25) is 0 Å². The SMILES string of the molecule is Cn1cc(C(F)(F)F)nc1-c1ccc(Cn2cnc3nc(Cl)ncc32)[se]1. The van der Waals surface area contributed by atoms with Gasteiger partial charge in [-0.1, -0.05) is 0 Å². The van der Waals surface area contributed by atoms with Gasteiger partial charge in [-0.05, 0) is 0 Å². The minimum absolute atomic E-state index is 0.131. The molecule has 0 radical (unpaired) electrons. The van der Waals surface area contributed by atoms with Crippen LogP contribution in [0.3, 0.4) is 0 Å². The molecule has 26 heavy (non-hydrogen) atoms. The van der Waals surface area contributed by atoms with Crippen LogP contribution in [0.4, 0.5) is 13.2 Å². The van der Waals surface area contributed by atoms with Crippen molar-refractivity contribution >= 4 is 37.3 Å². The van der Waals surface area contributed by atoms with E-state index in [1.165, 1.54) is 4.57 Å². The summed E-state index contributed by atoms with van der Waals surface area (Å²) < 4.78 is 43.7. The van der Waals surface area contributed by atoms with Crippen molar-refractivity contribution in [2.45, 2.75) is 12.7 Å². The van der Waals surface area contributed by atoms with E-state index in [2.05, 4.69) is 19.9 Å². The average Bonchev–Trinajstić information content (AvgIpc) is 3.26. The van der Waals surface area contributed by atoms with Crippen molar-refractivity contribution in [3.05, 3.63) is 46.3 Å². The van der Waals surface area contributed by atoms with Gasteiger partial charge in [0.15, 0.2) is 0 Å². The predicted octanol–water partition coefficient (Wildman–Crippen LogP) is 3.00. The van der Waals surface area contributed by atoms with E-state index in [0.29, 0.717) is 18.0 Å². The Morgan fingerprint density at radius 1 is 1.19 bits per heavy atom. The molecule has 4 rings (SSSR count). The Bertz CT molecular complexity index is 1100. The van der Waals surface area contributed by atoms with Gasteiger partial charge in [-0.2, -0.15) is 0 Å². The van der Waals surface area contributed by atoms with Crippen LogP contribution in [-0.4, -0.2) is 43.6 Å². The molecular weight excluding hydrogens is 436 g/mol. The van der Waals surface area contributed by atoms with Crippen LogP contribution in [0.5, 0.6) is 0 Å². The van der Waals surface area contributed by atoms with Gasteiger partial charge in [0.1, 0.15) is 0 Å². The standard InChI is InChI=1S/C15H10ClF3N6Se/c1-24-6-11(15(17,18)19)22-13(24)10-3-2-8(26-10)5-25-7-21-12-9(25)4-20-14(16)23-12/h2-4,6-7H,5H2,1H3. The number of imidazole rings is 2. The zero-order valence-corrected chi connectivity index (χ0v) is 15.7. The van der Waals surface area contributed by atoms with Gasteiger partial charge in [0, 0.05) is 0 Å². The minimum atomic E-state index is -4.45. The van der Waals surface area contributed by atoms with Crippen LogP contribution in [-0.2, 0) is 19.8 Å². The Morgan fingerprint density at radius 2 is 2.00 bits per heavy atom. The molecule has 0 atom stereocenters. The summed E-state index contributed by atoms with van der Waals surface area (Å²) in [7, 11) is 1.57. The first kappa shape index (κ1) is 17.3. The van der Waals surface area contributed by atoms with Gasteiger partial charge in [-0.15, -0.1) is 0 Å². The molecule has 11 heteroatoms. The molecule has 0 N–H and O–H groups in total. The van der Waals surface area contributed by atoms with Crippen LogP contribution < -0.4 is 0 Å². The van der Waals surface area contributed by atoms with Crippen LogP contribution in [0.25, 0.3) is 21.4 Å². The van der Waals surface area contributed by atoms with Crippen molar-refractivity contribution in [2.24, 2.45) is 7.05 Å². The normalized spacial score (nSPS) is 12.2. The molecule has 0 saturated heterocycles. The predicted molar refractivity (Wildman–Crippen MR) is 90.0 cm³/mol. The van der Waals surface area contributed by atoms with E-state index in [4.69, 9.17) is 11.6 Å². The van der Waals surface area contributed by atoms with Gasteiger partial charge >= 0.3 is 156 Å². The van der Waals surface area contributed by atoms with Crippen molar-refractivity contribution in [2.75, 3.05) is 0 Å². The Hall–Kier alpha value is -2.16. The molecule has 0 bridgehead atoms. The first-order valence-corrected chi connectivity index (χ1v) is 9.43. The van der Waals surface area contributed by atoms with Crippen LogP contribution in [0.2, 0.25) is 5.28 Å². The molecule has 0 fully saturated rings. The zero-order chi connectivity index (χ0) is 18.5. The van der Waals surface area contributed by atoms with E-state index < -0.39 is 11.9 Å². The molecule has 4 aromatic rings. The molecule has 0 amide bonds. The number of aromatic nitrogens is 6. The van der Waals surface area contributed by atoms with Gasteiger partial charge in [0.2, 0.25) is 0 Å². The molecule has 4 aromatic heterocycles. The summed E-state index contributed by atoms with van der Waals surface area (Å²) in [5, 5.41) is 0.131. The van der Waals surface area contributed by atoms with Crippen molar-refractivity contribution in [3.63, 3.8) is 0 Å². The summed E-state index contributed by atoms with van der Waals surface area (Å²) >= 11 is 5.62. The van der Waals surface area contributed by atoms with Crippen LogP contribution in [0, 0.1) is 0 Å². The molecule has 0 saturated carbocycles. The summed E-state index contributed by atoms with van der Waals surface area (Å²) in [6, 6.07) is 3.74. The maximum atomic E-state index is 12.8. The molecule has 0 aliphatic rings. The van der Waals surface area contributed by atoms with E-state index >= 15 is 0 Å². The fourth-order valence-corrected chi connectivity index (χ4v) is 4.85. The number of rotatable bonds is 3. The molecule has 0 aliphatic carbocycles.